The first kappa shape index (κ1) is 11.0. The molecule has 1 amide bonds. The lowest BCUT2D eigenvalue weighted by molar-refractivity contribution is 0.0689. The minimum atomic E-state index is 0.0219. The van der Waals surface area contributed by atoms with Crippen molar-refractivity contribution in [2.75, 3.05) is 12.3 Å². The molecule has 2 aliphatic rings. The van der Waals surface area contributed by atoms with E-state index >= 15 is 0 Å². The highest BCUT2D eigenvalue weighted by Crippen LogP contribution is 2.37. The standard InChI is InChI=1S/C11H16N4OS/c12-11-14-13-9(17-11)10(16)15-6-5-7-3-1-2-4-8(7)15/h7-8H,1-6H2,(H2,12,14). The van der Waals surface area contributed by atoms with Gasteiger partial charge in [0.25, 0.3) is 5.91 Å². The van der Waals surface area contributed by atoms with Gasteiger partial charge in [-0.3, -0.25) is 4.79 Å². The third kappa shape index (κ3) is 1.90. The predicted octanol–water partition coefficient (Wildman–Crippen LogP) is 1.52. The van der Waals surface area contributed by atoms with Crippen molar-refractivity contribution in [3.8, 4) is 0 Å². The number of amides is 1. The van der Waals surface area contributed by atoms with Crippen LogP contribution in [0.1, 0.15) is 41.9 Å². The van der Waals surface area contributed by atoms with Crippen LogP contribution in [0, 0.1) is 5.92 Å². The van der Waals surface area contributed by atoms with Crippen LogP contribution >= 0.6 is 11.3 Å². The molecule has 17 heavy (non-hydrogen) atoms. The first-order chi connectivity index (χ1) is 8.25. The number of anilines is 1. The van der Waals surface area contributed by atoms with Crippen LogP contribution in [0.25, 0.3) is 0 Å². The SMILES string of the molecule is Nc1nnc(C(=O)N2CCC3CCCCC32)s1. The van der Waals surface area contributed by atoms with Crippen LogP contribution in [0.15, 0.2) is 0 Å². The molecule has 2 fully saturated rings. The first-order valence-electron chi connectivity index (χ1n) is 6.15. The van der Waals surface area contributed by atoms with Crippen molar-refractivity contribution in [2.24, 2.45) is 5.92 Å². The van der Waals surface area contributed by atoms with Crippen molar-refractivity contribution in [3.05, 3.63) is 5.01 Å². The maximum Gasteiger partial charge on any atom is 0.285 e. The molecule has 2 atom stereocenters. The molecule has 2 unspecified atom stereocenters. The lowest BCUT2D eigenvalue weighted by atomic mass is 9.85. The van der Waals surface area contributed by atoms with E-state index in [1.807, 2.05) is 4.90 Å². The van der Waals surface area contributed by atoms with Crippen LogP contribution in [0.5, 0.6) is 0 Å². The third-order valence-corrected chi connectivity index (χ3v) is 4.63. The van der Waals surface area contributed by atoms with E-state index in [1.54, 1.807) is 0 Å². The summed E-state index contributed by atoms with van der Waals surface area (Å²) in [5.41, 5.74) is 5.52. The first-order valence-corrected chi connectivity index (χ1v) is 6.97. The largest absolute Gasteiger partial charge is 0.374 e. The summed E-state index contributed by atoms with van der Waals surface area (Å²) in [6, 6.07) is 0.432. The molecular weight excluding hydrogens is 236 g/mol. The van der Waals surface area contributed by atoms with Crippen molar-refractivity contribution in [1.82, 2.24) is 15.1 Å². The van der Waals surface area contributed by atoms with Gasteiger partial charge in [-0.15, -0.1) is 10.2 Å². The molecule has 0 bridgehead atoms. The molecule has 1 saturated carbocycles. The van der Waals surface area contributed by atoms with Gasteiger partial charge >= 0.3 is 0 Å². The van der Waals surface area contributed by atoms with Gasteiger partial charge in [-0.2, -0.15) is 0 Å². The summed E-state index contributed by atoms with van der Waals surface area (Å²) in [4.78, 5) is 14.3. The van der Waals surface area contributed by atoms with Gasteiger partial charge < -0.3 is 10.6 Å². The summed E-state index contributed by atoms with van der Waals surface area (Å²) >= 11 is 1.19. The van der Waals surface area contributed by atoms with E-state index in [1.165, 1.54) is 30.6 Å². The van der Waals surface area contributed by atoms with Gasteiger partial charge in [-0.1, -0.05) is 24.2 Å². The number of likely N-dealkylation sites (tertiary alicyclic amines) is 1. The smallest absolute Gasteiger partial charge is 0.285 e. The summed E-state index contributed by atoms with van der Waals surface area (Å²) < 4.78 is 0. The second-order valence-electron chi connectivity index (χ2n) is 4.84. The number of nitrogens with zero attached hydrogens (tertiary/aromatic N) is 3. The van der Waals surface area contributed by atoms with E-state index in [0.717, 1.165) is 19.4 Å². The van der Waals surface area contributed by atoms with Crippen molar-refractivity contribution in [1.29, 1.82) is 0 Å². The molecule has 2 N–H and O–H groups in total. The minimum absolute atomic E-state index is 0.0219. The number of carbonyl (C=O) groups excluding carboxylic acids is 1. The van der Waals surface area contributed by atoms with Crippen molar-refractivity contribution < 1.29 is 4.79 Å². The Morgan fingerprint density at radius 1 is 1.29 bits per heavy atom. The molecule has 92 valence electrons. The van der Waals surface area contributed by atoms with E-state index in [4.69, 9.17) is 5.73 Å². The molecule has 6 heteroatoms. The Morgan fingerprint density at radius 3 is 2.88 bits per heavy atom. The normalized spacial score (nSPS) is 28.1. The average Bonchev–Trinajstić information content (AvgIpc) is 2.94. The zero-order valence-corrected chi connectivity index (χ0v) is 10.4. The quantitative estimate of drug-likeness (QED) is 0.822. The van der Waals surface area contributed by atoms with E-state index in [0.29, 0.717) is 22.1 Å². The number of carbonyl (C=O) groups is 1. The Balaban J connectivity index is 1.78. The monoisotopic (exact) mass is 252 g/mol. The molecule has 0 aromatic carbocycles. The molecule has 5 nitrogen and oxygen atoms in total. The number of fused-ring (bicyclic) bond motifs is 1. The van der Waals surface area contributed by atoms with E-state index in [2.05, 4.69) is 10.2 Å². The lowest BCUT2D eigenvalue weighted by Crippen LogP contribution is -2.39. The van der Waals surface area contributed by atoms with Crippen molar-refractivity contribution in [3.63, 3.8) is 0 Å². The Bertz CT molecular complexity index is 433. The molecular formula is C11H16N4OS. The molecule has 1 aliphatic heterocycles. The van der Waals surface area contributed by atoms with Gasteiger partial charge in [0.1, 0.15) is 0 Å². The zero-order chi connectivity index (χ0) is 11.8. The fraction of sp³-hybridized carbons (Fsp3) is 0.727. The maximum absolute atomic E-state index is 12.3. The molecule has 1 aromatic heterocycles. The Kier molecular flexibility index (Phi) is 2.74. The number of nitrogen functional groups attached to an aromatic ring is 1. The lowest BCUT2D eigenvalue weighted by Gasteiger charge is -2.31. The minimum Gasteiger partial charge on any atom is -0.374 e. The third-order valence-electron chi connectivity index (χ3n) is 3.89. The maximum atomic E-state index is 12.3. The molecule has 0 spiro atoms. The van der Waals surface area contributed by atoms with Crippen molar-refractivity contribution >= 4 is 22.4 Å². The highest BCUT2D eigenvalue weighted by atomic mass is 32.1. The number of nitrogens with two attached hydrogens (primary N) is 1. The summed E-state index contributed by atoms with van der Waals surface area (Å²) in [7, 11) is 0. The molecule has 1 aliphatic carbocycles. The number of hydrogen-bond acceptors (Lipinski definition) is 5. The molecule has 0 radical (unpaired) electrons. The molecule has 2 heterocycles. The highest BCUT2D eigenvalue weighted by molar-refractivity contribution is 7.16. The summed E-state index contributed by atoms with van der Waals surface area (Å²) in [6.45, 7) is 0.869. The van der Waals surface area contributed by atoms with Crippen LogP contribution in [0.4, 0.5) is 5.13 Å². The molecule has 1 aromatic rings. The average molecular weight is 252 g/mol. The van der Waals surface area contributed by atoms with Crippen LogP contribution < -0.4 is 5.73 Å². The number of hydrogen-bond donors (Lipinski definition) is 1. The van der Waals surface area contributed by atoms with E-state index in [9.17, 15) is 4.79 Å². The van der Waals surface area contributed by atoms with Crippen LogP contribution in [-0.2, 0) is 0 Å². The number of aromatic nitrogens is 2. The van der Waals surface area contributed by atoms with Gasteiger partial charge in [0, 0.05) is 12.6 Å². The Hall–Kier alpha value is -1.17. The van der Waals surface area contributed by atoms with E-state index < -0.39 is 0 Å². The molecule has 3 rings (SSSR count). The Morgan fingerprint density at radius 2 is 2.12 bits per heavy atom. The molecule has 1 saturated heterocycles. The highest BCUT2D eigenvalue weighted by Gasteiger charge is 2.39. The van der Waals surface area contributed by atoms with Gasteiger partial charge in [0.2, 0.25) is 10.1 Å². The fourth-order valence-electron chi connectivity index (χ4n) is 3.10. The topological polar surface area (TPSA) is 72.1 Å². The second-order valence-corrected chi connectivity index (χ2v) is 5.85. The van der Waals surface area contributed by atoms with Crippen LogP contribution in [0.3, 0.4) is 0 Å². The van der Waals surface area contributed by atoms with Gasteiger partial charge in [-0.05, 0) is 25.2 Å². The summed E-state index contributed by atoms with van der Waals surface area (Å²) in [6.07, 6.45) is 6.11. The summed E-state index contributed by atoms with van der Waals surface area (Å²) in [5.74, 6) is 0.728. The van der Waals surface area contributed by atoms with Crippen LogP contribution in [-0.4, -0.2) is 33.6 Å². The fourth-order valence-corrected chi connectivity index (χ4v) is 3.67. The number of rotatable bonds is 1. The zero-order valence-electron chi connectivity index (χ0n) is 9.63. The van der Waals surface area contributed by atoms with Gasteiger partial charge in [-0.25, -0.2) is 0 Å². The van der Waals surface area contributed by atoms with Crippen molar-refractivity contribution in [2.45, 2.75) is 38.1 Å². The predicted molar refractivity (Wildman–Crippen MR) is 65.7 cm³/mol. The Labute approximate surface area is 104 Å². The second kappa shape index (κ2) is 4.25. The van der Waals surface area contributed by atoms with Gasteiger partial charge in [0.05, 0.1) is 0 Å². The summed E-state index contributed by atoms with van der Waals surface area (Å²) in [5, 5.41) is 8.37. The van der Waals surface area contributed by atoms with Crippen LogP contribution in [0.2, 0.25) is 0 Å². The van der Waals surface area contributed by atoms with E-state index in [-0.39, 0.29) is 5.91 Å². The van der Waals surface area contributed by atoms with Gasteiger partial charge in [0.15, 0.2) is 0 Å².